The maximum absolute atomic E-state index is 12.3. The third kappa shape index (κ3) is 5.40. The summed E-state index contributed by atoms with van der Waals surface area (Å²) < 4.78 is 5.44. The Bertz CT molecular complexity index is 992. The molecular weight excluding hydrogens is 400 g/mol. The predicted molar refractivity (Wildman–Crippen MR) is 128 cm³/mol. The molecule has 4 rings (SSSR count). The number of anilines is 2. The van der Waals surface area contributed by atoms with Crippen molar-refractivity contribution in [3.8, 4) is 11.3 Å². The van der Waals surface area contributed by atoms with E-state index in [0.717, 1.165) is 22.8 Å². The van der Waals surface area contributed by atoms with Crippen LogP contribution in [0.3, 0.4) is 0 Å². The van der Waals surface area contributed by atoms with Gasteiger partial charge < -0.3 is 14.8 Å². The molecule has 1 fully saturated rings. The van der Waals surface area contributed by atoms with Crippen LogP contribution in [0.25, 0.3) is 11.3 Å². The molecule has 0 radical (unpaired) electrons. The highest BCUT2D eigenvalue weighted by molar-refractivity contribution is 5.95. The smallest absolute Gasteiger partial charge is 0.416 e. The van der Waals surface area contributed by atoms with Gasteiger partial charge >= 0.3 is 6.09 Å². The summed E-state index contributed by atoms with van der Waals surface area (Å²) in [6.07, 6.45) is 8.56. The molecule has 5 nitrogen and oxygen atoms in total. The van der Waals surface area contributed by atoms with Crippen molar-refractivity contribution < 1.29 is 14.3 Å². The molecule has 2 aromatic carbocycles. The zero-order valence-electron chi connectivity index (χ0n) is 18.7. The van der Waals surface area contributed by atoms with Crippen molar-refractivity contribution in [3.05, 3.63) is 72.5 Å². The van der Waals surface area contributed by atoms with E-state index in [4.69, 9.17) is 4.42 Å². The Morgan fingerprint density at radius 3 is 2.50 bits per heavy atom. The lowest BCUT2D eigenvalue weighted by molar-refractivity contribution is 0.204. The van der Waals surface area contributed by atoms with Gasteiger partial charge in [-0.1, -0.05) is 50.3 Å². The van der Waals surface area contributed by atoms with Gasteiger partial charge in [0.25, 0.3) is 0 Å². The lowest BCUT2D eigenvalue weighted by Crippen LogP contribution is -2.30. The van der Waals surface area contributed by atoms with E-state index in [9.17, 15) is 9.90 Å². The van der Waals surface area contributed by atoms with Gasteiger partial charge in [-0.3, -0.25) is 0 Å². The maximum atomic E-state index is 12.3. The van der Waals surface area contributed by atoms with E-state index >= 15 is 0 Å². The molecule has 1 atom stereocenters. The van der Waals surface area contributed by atoms with Crippen LogP contribution in [0.4, 0.5) is 16.2 Å². The quantitative estimate of drug-likeness (QED) is 0.395. The first kappa shape index (κ1) is 22.2. The molecule has 0 saturated heterocycles. The molecule has 2 N–H and O–H groups in total. The molecule has 0 bridgehead atoms. The van der Waals surface area contributed by atoms with Gasteiger partial charge in [0.15, 0.2) is 0 Å². The molecule has 0 spiro atoms. The predicted octanol–water partition coefficient (Wildman–Crippen LogP) is 7.21. The third-order valence-corrected chi connectivity index (χ3v) is 6.41. The van der Waals surface area contributed by atoms with Gasteiger partial charge in [0.1, 0.15) is 5.76 Å². The first-order chi connectivity index (χ1) is 15.6. The van der Waals surface area contributed by atoms with Crippen molar-refractivity contribution >= 4 is 17.5 Å². The van der Waals surface area contributed by atoms with Crippen molar-refractivity contribution in [1.82, 2.24) is 5.32 Å². The molecular formula is C27H32N2O3. The molecule has 3 aromatic rings. The van der Waals surface area contributed by atoms with Gasteiger partial charge in [-0.05, 0) is 67.3 Å². The minimum atomic E-state index is -1.00. The molecule has 0 aliphatic heterocycles. The zero-order valence-corrected chi connectivity index (χ0v) is 18.7. The van der Waals surface area contributed by atoms with Crippen LogP contribution in [0.1, 0.15) is 51.0 Å². The van der Waals surface area contributed by atoms with Crippen molar-refractivity contribution in [1.29, 1.82) is 0 Å². The van der Waals surface area contributed by atoms with Gasteiger partial charge in [-0.15, -0.1) is 0 Å². The Morgan fingerprint density at radius 2 is 1.81 bits per heavy atom. The second-order valence-corrected chi connectivity index (χ2v) is 8.79. The molecule has 1 aliphatic rings. The largest absolute Gasteiger partial charge is 0.464 e. The normalized spacial score (nSPS) is 15.4. The van der Waals surface area contributed by atoms with Crippen molar-refractivity contribution in [2.24, 2.45) is 5.92 Å². The molecule has 1 saturated carbocycles. The van der Waals surface area contributed by atoms with E-state index in [2.05, 4.69) is 12.2 Å². The monoisotopic (exact) mass is 432 g/mol. The van der Waals surface area contributed by atoms with E-state index in [0.29, 0.717) is 24.0 Å². The van der Waals surface area contributed by atoms with Crippen LogP contribution in [0.5, 0.6) is 0 Å². The fraction of sp³-hybridized carbons (Fsp3) is 0.370. The molecule has 1 unspecified atom stereocenters. The summed E-state index contributed by atoms with van der Waals surface area (Å²) in [5, 5.41) is 13.7. The summed E-state index contributed by atoms with van der Waals surface area (Å²) in [7, 11) is 0. The van der Waals surface area contributed by atoms with E-state index in [1.54, 1.807) is 6.26 Å². The second-order valence-electron chi connectivity index (χ2n) is 8.79. The summed E-state index contributed by atoms with van der Waals surface area (Å²) in [6.45, 7) is 2.87. The van der Waals surface area contributed by atoms with Crippen LogP contribution in [0.2, 0.25) is 0 Å². The standard InChI is InChI=1S/C27H32N2O3/c1-20(18-21-8-3-2-4-9-21)28-19-23-10-5-6-11-25(23)29(27(30)31)24-15-13-22(14-16-24)26-12-7-17-32-26/h5-7,10-17,20-21,28H,2-4,8-9,18-19H2,1H3,(H,30,31). The first-order valence-corrected chi connectivity index (χ1v) is 11.6. The molecule has 32 heavy (non-hydrogen) atoms. The third-order valence-electron chi connectivity index (χ3n) is 6.41. The molecule has 1 aliphatic carbocycles. The zero-order chi connectivity index (χ0) is 22.3. The van der Waals surface area contributed by atoms with Gasteiger partial charge in [-0.25, -0.2) is 9.69 Å². The van der Waals surface area contributed by atoms with Gasteiger partial charge in [0, 0.05) is 18.2 Å². The highest BCUT2D eigenvalue weighted by Crippen LogP contribution is 2.32. The minimum absolute atomic E-state index is 0.400. The number of hydrogen-bond acceptors (Lipinski definition) is 3. The summed E-state index contributed by atoms with van der Waals surface area (Å²) >= 11 is 0. The number of para-hydroxylation sites is 1. The van der Waals surface area contributed by atoms with Gasteiger partial charge in [0.2, 0.25) is 0 Å². The number of benzene rings is 2. The number of nitrogens with one attached hydrogen (secondary N) is 1. The van der Waals surface area contributed by atoms with Gasteiger partial charge in [-0.2, -0.15) is 0 Å². The van der Waals surface area contributed by atoms with Crippen molar-refractivity contribution in [2.75, 3.05) is 4.90 Å². The Balaban J connectivity index is 1.49. The molecule has 1 heterocycles. The van der Waals surface area contributed by atoms with Crippen LogP contribution in [-0.4, -0.2) is 17.2 Å². The summed E-state index contributed by atoms with van der Waals surface area (Å²) in [6, 6.07) is 19.3. The average molecular weight is 433 g/mol. The number of carboxylic acid groups (broad SMARTS) is 1. The first-order valence-electron chi connectivity index (χ1n) is 11.6. The number of amides is 1. The lowest BCUT2D eigenvalue weighted by atomic mass is 9.85. The topological polar surface area (TPSA) is 65.7 Å². The number of rotatable bonds is 8. The van der Waals surface area contributed by atoms with E-state index < -0.39 is 6.09 Å². The van der Waals surface area contributed by atoms with E-state index in [1.807, 2.05) is 60.7 Å². The molecule has 1 aromatic heterocycles. The Kier molecular flexibility index (Phi) is 7.28. The fourth-order valence-corrected chi connectivity index (χ4v) is 4.74. The summed E-state index contributed by atoms with van der Waals surface area (Å²) in [5.41, 5.74) is 3.18. The SMILES string of the molecule is CC(CC1CCCCC1)NCc1ccccc1N(C(=O)O)c1ccc(-c2ccco2)cc1. The number of hydrogen-bond donors (Lipinski definition) is 2. The van der Waals surface area contributed by atoms with Crippen LogP contribution in [-0.2, 0) is 6.54 Å². The molecule has 5 heteroatoms. The fourth-order valence-electron chi connectivity index (χ4n) is 4.74. The van der Waals surface area contributed by atoms with E-state index in [-0.39, 0.29) is 0 Å². The average Bonchev–Trinajstić information content (AvgIpc) is 3.35. The number of nitrogens with zero attached hydrogens (tertiary/aromatic N) is 1. The van der Waals surface area contributed by atoms with Crippen LogP contribution in [0.15, 0.2) is 71.3 Å². The number of carbonyl (C=O) groups is 1. The Labute approximate surface area is 190 Å². The summed E-state index contributed by atoms with van der Waals surface area (Å²) in [5.74, 6) is 1.57. The van der Waals surface area contributed by atoms with E-state index in [1.165, 1.54) is 43.4 Å². The Morgan fingerprint density at radius 1 is 1.06 bits per heavy atom. The van der Waals surface area contributed by atoms with Crippen LogP contribution < -0.4 is 10.2 Å². The highest BCUT2D eigenvalue weighted by atomic mass is 16.4. The molecule has 168 valence electrons. The lowest BCUT2D eigenvalue weighted by Gasteiger charge is -2.26. The highest BCUT2D eigenvalue weighted by Gasteiger charge is 2.21. The Hall–Kier alpha value is -3.05. The van der Waals surface area contributed by atoms with Crippen LogP contribution in [0, 0.1) is 5.92 Å². The number of furan rings is 1. The second kappa shape index (κ2) is 10.5. The minimum Gasteiger partial charge on any atom is -0.464 e. The maximum Gasteiger partial charge on any atom is 0.416 e. The van der Waals surface area contributed by atoms with Crippen molar-refractivity contribution in [2.45, 2.75) is 58.0 Å². The van der Waals surface area contributed by atoms with Gasteiger partial charge in [0.05, 0.1) is 17.6 Å². The summed E-state index contributed by atoms with van der Waals surface area (Å²) in [4.78, 5) is 13.6. The van der Waals surface area contributed by atoms with Crippen LogP contribution >= 0.6 is 0 Å². The molecule has 1 amide bonds. The van der Waals surface area contributed by atoms with Crippen molar-refractivity contribution in [3.63, 3.8) is 0 Å².